The lowest BCUT2D eigenvalue weighted by Crippen LogP contribution is -2.27. The van der Waals surface area contributed by atoms with Gasteiger partial charge in [-0.05, 0) is 43.7 Å². The fraction of sp³-hybridized carbons (Fsp3) is 0.167. The molecule has 0 fully saturated rings. The molecular formula is C18H17BrN4O. The molecule has 1 amide bonds. The van der Waals surface area contributed by atoms with Gasteiger partial charge in [0.25, 0.3) is 5.91 Å². The number of aromatic nitrogens is 3. The molecule has 3 rings (SSSR count). The summed E-state index contributed by atoms with van der Waals surface area (Å²) in [5.41, 5.74) is 2.94. The summed E-state index contributed by atoms with van der Waals surface area (Å²) >= 11 is 3.40. The molecule has 1 unspecified atom stereocenters. The van der Waals surface area contributed by atoms with Gasteiger partial charge in [0.05, 0.1) is 17.4 Å². The van der Waals surface area contributed by atoms with Crippen LogP contribution >= 0.6 is 15.9 Å². The summed E-state index contributed by atoms with van der Waals surface area (Å²) in [5.74, 6) is -0.229. The van der Waals surface area contributed by atoms with Gasteiger partial charge in [0, 0.05) is 4.47 Å². The largest absolute Gasteiger partial charge is 0.344 e. The summed E-state index contributed by atoms with van der Waals surface area (Å²) in [7, 11) is 0. The van der Waals surface area contributed by atoms with Gasteiger partial charge in [0.1, 0.15) is 0 Å². The first-order valence-electron chi connectivity index (χ1n) is 7.60. The van der Waals surface area contributed by atoms with E-state index in [0.29, 0.717) is 11.4 Å². The van der Waals surface area contributed by atoms with E-state index in [4.69, 9.17) is 0 Å². The molecule has 0 aliphatic heterocycles. The Morgan fingerprint density at radius 1 is 1.12 bits per heavy atom. The van der Waals surface area contributed by atoms with Crippen LogP contribution in [0.25, 0.3) is 5.69 Å². The number of benzene rings is 2. The Hall–Kier alpha value is -2.47. The van der Waals surface area contributed by atoms with E-state index in [2.05, 4.69) is 31.6 Å². The second kappa shape index (κ2) is 6.97. The molecule has 0 radical (unpaired) electrons. The zero-order valence-corrected chi connectivity index (χ0v) is 15.0. The van der Waals surface area contributed by atoms with Crippen molar-refractivity contribution < 1.29 is 4.79 Å². The predicted octanol–water partition coefficient (Wildman–Crippen LogP) is 3.83. The quantitative estimate of drug-likeness (QED) is 0.743. The number of amides is 1. The van der Waals surface area contributed by atoms with E-state index < -0.39 is 0 Å². The number of nitrogens with one attached hydrogen (secondary N) is 1. The van der Waals surface area contributed by atoms with Crippen molar-refractivity contribution in [1.82, 2.24) is 20.3 Å². The molecule has 5 nitrogen and oxygen atoms in total. The summed E-state index contributed by atoms with van der Waals surface area (Å²) in [5, 5.41) is 11.1. The zero-order chi connectivity index (χ0) is 17.1. The number of rotatable bonds is 4. The van der Waals surface area contributed by atoms with E-state index in [0.717, 1.165) is 15.7 Å². The van der Waals surface area contributed by atoms with Crippen LogP contribution < -0.4 is 5.32 Å². The number of nitrogens with zero attached hydrogens (tertiary/aromatic N) is 3. The van der Waals surface area contributed by atoms with Gasteiger partial charge in [-0.3, -0.25) is 4.79 Å². The summed E-state index contributed by atoms with van der Waals surface area (Å²) in [4.78, 5) is 12.5. The fourth-order valence-electron chi connectivity index (χ4n) is 2.46. The lowest BCUT2D eigenvalue weighted by Gasteiger charge is -2.13. The minimum Gasteiger partial charge on any atom is -0.344 e. The SMILES string of the molecule is Cc1c(C(=O)NC(C)c2ccccc2)nnn1-c1ccc(Br)cc1. The molecule has 0 aliphatic carbocycles. The first-order chi connectivity index (χ1) is 11.6. The minimum atomic E-state index is -0.229. The Kier molecular flexibility index (Phi) is 4.76. The Balaban J connectivity index is 1.80. The van der Waals surface area contributed by atoms with Crippen LogP contribution in [0.5, 0.6) is 0 Å². The van der Waals surface area contributed by atoms with Crippen LogP contribution in [-0.2, 0) is 0 Å². The Morgan fingerprint density at radius 2 is 1.79 bits per heavy atom. The smallest absolute Gasteiger partial charge is 0.274 e. The fourth-order valence-corrected chi connectivity index (χ4v) is 2.72. The summed E-state index contributed by atoms with van der Waals surface area (Å²) in [6.07, 6.45) is 0. The average molecular weight is 385 g/mol. The third kappa shape index (κ3) is 3.38. The summed E-state index contributed by atoms with van der Waals surface area (Å²) in [6, 6.07) is 17.4. The highest BCUT2D eigenvalue weighted by Gasteiger charge is 2.19. The first-order valence-corrected chi connectivity index (χ1v) is 8.39. The molecule has 0 saturated carbocycles. The minimum absolute atomic E-state index is 0.101. The highest BCUT2D eigenvalue weighted by Crippen LogP contribution is 2.17. The van der Waals surface area contributed by atoms with Gasteiger partial charge in [0.2, 0.25) is 0 Å². The van der Waals surface area contributed by atoms with Crippen molar-refractivity contribution in [3.63, 3.8) is 0 Å². The molecule has 24 heavy (non-hydrogen) atoms. The van der Waals surface area contributed by atoms with E-state index in [1.807, 2.05) is 68.4 Å². The monoisotopic (exact) mass is 384 g/mol. The van der Waals surface area contributed by atoms with Gasteiger partial charge in [-0.25, -0.2) is 4.68 Å². The summed E-state index contributed by atoms with van der Waals surface area (Å²) < 4.78 is 2.65. The number of carbonyl (C=O) groups excluding carboxylic acids is 1. The van der Waals surface area contributed by atoms with Crippen LogP contribution in [0.2, 0.25) is 0 Å². The van der Waals surface area contributed by atoms with E-state index in [-0.39, 0.29) is 11.9 Å². The van der Waals surface area contributed by atoms with Crippen LogP contribution in [0.15, 0.2) is 59.1 Å². The van der Waals surface area contributed by atoms with E-state index in [9.17, 15) is 4.79 Å². The maximum absolute atomic E-state index is 12.5. The number of carbonyl (C=O) groups is 1. The van der Waals surface area contributed by atoms with Crippen molar-refractivity contribution in [2.24, 2.45) is 0 Å². The molecule has 0 bridgehead atoms. The van der Waals surface area contributed by atoms with Crippen molar-refractivity contribution in [1.29, 1.82) is 0 Å². The van der Waals surface area contributed by atoms with Crippen LogP contribution in [-0.4, -0.2) is 20.9 Å². The van der Waals surface area contributed by atoms with Crippen LogP contribution in [0.1, 0.15) is 34.7 Å². The molecule has 6 heteroatoms. The normalized spacial score (nSPS) is 12.0. The standard InChI is InChI=1S/C18H17BrN4O/c1-12(14-6-4-3-5-7-14)20-18(24)17-13(2)23(22-21-17)16-10-8-15(19)9-11-16/h3-12H,1-2H3,(H,20,24). The van der Waals surface area contributed by atoms with Crippen molar-refractivity contribution in [3.8, 4) is 5.69 Å². The predicted molar refractivity (Wildman–Crippen MR) is 96.1 cm³/mol. The second-order valence-corrected chi connectivity index (χ2v) is 6.43. The second-order valence-electron chi connectivity index (χ2n) is 5.52. The molecular weight excluding hydrogens is 368 g/mol. The molecule has 0 aliphatic rings. The van der Waals surface area contributed by atoms with Gasteiger partial charge in [-0.2, -0.15) is 0 Å². The number of hydrogen-bond acceptors (Lipinski definition) is 3. The van der Waals surface area contributed by atoms with Crippen LogP contribution in [0.4, 0.5) is 0 Å². The van der Waals surface area contributed by atoms with Crippen LogP contribution in [0.3, 0.4) is 0 Å². The Morgan fingerprint density at radius 3 is 2.46 bits per heavy atom. The highest BCUT2D eigenvalue weighted by molar-refractivity contribution is 9.10. The van der Waals surface area contributed by atoms with E-state index >= 15 is 0 Å². The summed E-state index contributed by atoms with van der Waals surface area (Å²) in [6.45, 7) is 3.78. The molecule has 1 atom stereocenters. The molecule has 1 aromatic heterocycles. The van der Waals surface area contributed by atoms with Gasteiger partial charge in [0.15, 0.2) is 5.69 Å². The molecule has 1 heterocycles. The zero-order valence-electron chi connectivity index (χ0n) is 13.4. The topological polar surface area (TPSA) is 59.8 Å². The van der Waals surface area contributed by atoms with Crippen molar-refractivity contribution >= 4 is 21.8 Å². The van der Waals surface area contributed by atoms with E-state index in [1.165, 1.54) is 0 Å². The third-order valence-electron chi connectivity index (χ3n) is 3.83. The molecule has 2 aromatic carbocycles. The number of hydrogen-bond donors (Lipinski definition) is 1. The first kappa shape index (κ1) is 16.4. The van der Waals surface area contributed by atoms with Gasteiger partial charge >= 0.3 is 0 Å². The lowest BCUT2D eigenvalue weighted by atomic mass is 10.1. The maximum Gasteiger partial charge on any atom is 0.274 e. The van der Waals surface area contributed by atoms with Gasteiger partial charge < -0.3 is 5.32 Å². The highest BCUT2D eigenvalue weighted by atomic mass is 79.9. The molecule has 0 spiro atoms. The molecule has 1 N–H and O–H groups in total. The lowest BCUT2D eigenvalue weighted by molar-refractivity contribution is 0.0934. The molecule has 0 saturated heterocycles. The Labute approximate surface area is 148 Å². The maximum atomic E-state index is 12.5. The average Bonchev–Trinajstić information content (AvgIpc) is 2.98. The van der Waals surface area contributed by atoms with Gasteiger partial charge in [-0.1, -0.05) is 51.5 Å². The third-order valence-corrected chi connectivity index (χ3v) is 4.36. The van der Waals surface area contributed by atoms with Crippen molar-refractivity contribution in [3.05, 3.63) is 76.0 Å². The Bertz CT molecular complexity index is 843. The molecule has 122 valence electrons. The van der Waals surface area contributed by atoms with E-state index in [1.54, 1.807) is 4.68 Å². The van der Waals surface area contributed by atoms with Crippen molar-refractivity contribution in [2.45, 2.75) is 19.9 Å². The number of halogens is 1. The molecule has 3 aromatic rings. The van der Waals surface area contributed by atoms with Crippen molar-refractivity contribution in [2.75, 3.05) is 0 Å². The van der Waals surface area contributed by atoms with Gasteiger partial charge in [-0.15, -0.1) is 5.10 Å². The van der Waals surface area contributed by atoms with Crippen LogP contribution in [0, 0.1) is 6.92 Å².